The maximum atomic E-state index is 13.8. The number of benzene rings is 2. The van der Waals surface area contributed by atoms with Crippen LogP contribution < -0.4 is 24.4 Å². The lowest BCUT2D eigenvalue weighted by atomic mass is 9.95. The number of nitrogens with zero attached hydrogens (tertiary/aromatic N) is 2. The van der Waals surface area contributed by atoms with E-state index in [-0.39, 0.29) is 23.5 Å². The van der Waals surface area contributed by atoms with Crippen LogP contribution in [-0.2, 0) is 16.0 Å². The minimum Gasteiger partial charge on any atom is -0.504 e. The van der Waals surface area contributed by atoms with Gasteiger partial charge in [0.15, 0.2) is 16.3 Å². The van der Waals surface area contributed by atoms with Gasteiger partial charge in [0.2, 0.25) is 0 Å². The van der Waals surface area contributed by atoms with Gasteiger partial charge < -0.3 is 19.3 Å². The quantitative estimate of drug-likeness (QED) is 0.362. The number of para-hydroxylation sites is 1. The summed E-state index contributed by atoms with van der Waals surface area (Å²) in [5.74, 6) is 0.333. The standard InChI is InChI=1S/C28H28N2O6S/c1-6-10-18-13-17(14-21(35-5)25(18)31)15-22-26(32)30-24(19-11-8-9-12-20(19)34-4)23(27(33)36-7-2)16(3)29-28(30)37-22/h6,8-9,11-15,24,31H,1,7,10H2,2-5H3/b22-15+/t24-/m0/s1. The van der Waals surface area contributed by atoms with E-state index in [0.717, 1.165) is 0 Å². The molecule has 1 atom stereocenters. The van der Waals surface area contributed by atoms with Crippen LogP contribution in [0.2, 0.25) is 0 Å². The molecule has 0 fully saturated rings. The molecule has 8 nitrogen and oxygen atoms in total. The van der Waals surface area contributed by atoms with Crippen LogP contribution in [0.5, 0.6) is 17.2 Å². The van der Waals surface area contributed by atoms with Crippen molar-refractivity contribution < 1.29 is 24.1 Å². The van der Waals surface area contributed by atoms with Crippen molar-refractivity contribution in [1.29, 1.82) is 0 Å². The SMILES string of the molecule is C=CCc1cc(/C=c2/sc3n(c2=O)[C@@H](c2ccccc2OC)C(C(=O)OCC)=C(C)N=3)cc(OC)c1O. The average molecular weight is 521 g/mol. The van der Waals surface area contributed by atoms with E-state index >= 15 is 0 Å². The number of carbonyl (C=O) groups is 1. The predicted molar refractivity (Wildman–Crippen MR) is 142 cm³/mol. The summed E-state index contributed by atoms with van der Waals surface area (Å²) in [6.07, 6.45) is 3.83. The molecule has 0 saturated carbocycles. The molecule has 3 aromatic rings. The van der Waals surface area contributed by atoms with Crippen molar-refractivity contribution in [1.82, 2.24) is 4.57 Å². The molecular formula is C28H28N2O6S. The molecule has 0 radical (unpaired) electrons. The summed E-state index contributed by atoms with van der Waals surface area (Å²) >= 11 is 1.21. The monoisotopic (exact) mass is 520 g/mol. The second-order valence-corrected chi connectivity index (χ2v) is 9.28. The molecule has 4 rings (SSSR count). The van der Waals surface area contributed by atoms with Gasteiger partial charge in [0, 0.05) is 11.1 Å². The molecule has 0 saturated heterocycles. The average Bonchev–Trinajstić information content (AvgIpc) is 3.19. The molecule has 1 aliphatic heterocycles. The summed E-state index contributed by atoms with van der Waals surface area (Å²) in [5, 5.41) is 10.4. The lowest BCUT2D eigenvalue weighted by molar-refractivity contribution is -0.139. The Balaban J connectivity index is 1.98. The van der Waals surface area contributed by atoms with Gasteiger partial charge in [-0.05, 0) is 50.1 Å². The van der Waals surface area contributed by atoms with Gasteiger partial charge >= 0.3 is 5.97 Å². The molecular weight excluding hydrogens is 492 g/mol. The van der Waals surface area contributed by atoms with Gasteiger partial charge in [-0.1, -0.05) is 35.6 Å². The van der Waals surface area contributed by atoms with Crippen LogP contribution in [0.4, 0.5) is 0 Å². The molecule has 0 bridgehead atoms. The van der Waals surface area contributed by atoms with Gasteiger partial charge in [0.1, 0.15) is 11.8 Å². The van der Waals surface area contributed by atoms with Gasteiger partial charge in [-0.2, -0.15) is 0 Å². The molecule has 1 N–H and O–H groups in total. The lowest BCUT2D eigenvalue weighted by Gasteiger charge is -2.25. The summed E-state index contributed by atoms with van der Waals surface area (Å²) < 4.78 is 18.2. The second kappa shape index (κ2) is 10.9. The van der Waals surface area contributed by atoms with E-state index in [9.17, 15) is 14.7 Å². The highest BCUT2D eigenvalue weighted by molar-refractivity contribution is 7.07. The van der Waals surface area contributed by atoms with Gasteiger partial charge in [0.25, 0.3) is 5.56 Å². The molecule has 2 aromatic carbocycles. The number of carbonyl (C=O) groups excluding carboxylic acids is 1. The largest absolute Gasteiger partial charge is 0.504 e. The third-order valence-electron chi connectivity index (χ3n) is 6.01. The fraction of sp³-hybridized carbons (Fsp3) is 0.250. The Morgan fingerprint density at radius 3 is 2.62 bits per heavy atom. The lowest BCUT2D eigenvalue weighted by Crippen LogP contribution is -2.40. The Morgan fingerprint density at radius 1 is 1.22 bits per heavy atom. The number of rotatable bonds is 8. The first-order valence-corrected chi connectivity index (χ1v) is 12.5. The van der Waals surface area contributed by atoms with Crippen molar-refractivity contribution >= 4 is 23.4 Å². The predicted octanol–water partition coefficient (Wildman–Crippen LogP) is 3.25. The van der Waals surface area contributed by atoms with E-state index in [2.05, 4.69) is 11.6 Å². The number of ether oxygens (including phenoxy) is 3. The van der Waals surface area contributed by atoms with E-state index in [1.54, 1.807) is 51.3 Å². The molecule has 1 aliphatic rings. The van der Waals surface area contributed by atoms with E-state index in [0.29, 0.717) is 49.6 Å². The molecule has 0 unspecified atom stereocenters. The van der Waals surface area contributed by atoms with Crippen molar-refractivity contribution in [2.75, 3.05) is 20.8 Å². The highest BCUT2D eigenvalue weighted by Gasteiger charge is 2.34. The Hall–Kier alpha value is -4.11. The van der Waals surface area contributed by atoms with Crippen molar-refractivity contribution in [3.8, 4) is 17.2 Å². The normalized spacial score (nSPS) is 15.1. The molecule has 0 aliphatic carbocycles. The van der Waals surface area contributed by atoms with Crippen LogP contribution in [0.25, 0.3) is 6.08 Å². The third-order valence-corrected chi connectivity index (χ3v) is 6.99. The number of methoxy groups -OCH3 is 2. The summed E-state index contributed by atoms with van der Waals surface area (Å²) in [5.41, 5.74) is 2.39. The molecule has 37 heavy (non-hydrogen) atoms. The van der Waals surface area contributed by atoms with Gasteiger partial charge in [0.05, 0.1) is 36.6 Å². The number of phenols is 1. The molecule has 0 spiro atoms. The highest BCUT2D eigenvalue weighted by Crippen LogP contribution is 2.36. The van der Waals surface area contributed by atoms with Gasteiger partial charge in [-0.3, -0.25) is 9.36 Å². The van der Waals surface area contributed by atoms with Crippen LogP contribution in [0.15, 0.2) is 70.1 Å². The van der Waals surface area contributed by atoms with E-state index in [1.165, 1.54) is 23.0 Å². The number of esters is 1. The number of fused-ring (bicyclic) bond motifs is 1. The van der Waals surface area contributed by atoms with Gasteiger partial charge in [-0.25, -0.2) is 9.79 Å². The van der Waals surface area contributed by atoms with Gasteiger partial charge in [-0.15, -0.1) is 6.58 Å². The van der Waals surface area contributed by atoms with E-state index in [4.69, 9.17) is 14.2 Å². The first-order chi connectivity index (χ1) is 17.8. The summed E-state index contributed by atoms with van der Waals surface area (Å²) in [7, 11) is 3.01. The number of aromatic hydroxyl groups is 1. The fourth-order valence-electron chi connectivity index (χ4n) is 4.37. The minimum absolute atomic E-state index is 0.0342. The van der Waals surface area contributed by atoms with Crippen LogP contribution in [-0.4, -0.2) is 36.5 Å². The van der Waals surface area contributed by atoms with Crippen molar-refractivity contribution in [3.63, 3.8) is 0 Å². The van der Waals surface area contributed by atoms with Crippen molar-refractivity contribution in [2.24, 2.45) is 4.99 Å². The smallest absolute Gasteiger partial charge is 0.338 e. The number of thiazole rings is 1. The first-order valence-electron chi connectivity index (χ1n) is 11.7. The summed E-state index contributed by atoms with van der Waals surface area (Å²) in [6, 6.07) is 9.93. The van der Waals surface area contributed by atoms with Crippen LogP contribution >= 0.6 is 11.3 Å². The Bertz CT molecular complexity index is 1580. The Kier molecular flexibility index (Phi) is 7.63. The number of allylic oxidation sites excluding steroid dienone is 2. The Morgan fingerprint density at radius 2 is 1.95 bits per heavy atom. The van der Waals surface area contributed by atoms with Crippen molar-refractivity contribution in [3.05, 3.63) is 96.7 Å². The molecule has 9 heteroatoms. The number of phenolic OH excluding ortho intramolecular Hbond substituents is 1. The summed E-state index contributed by atoms with van der Waals surface area (Å²) in [4.78, 5) is 32.0. The number of hydrogen-bond donors (Lipinski definition) is 1. The fourth-order valence-corrected chi connectivity index (χ4v) is 5.42. The molecule has 1 aromatic heterocycles. The minimum atomic E-state index is -0.778. The molecule has 192 valence electrons. The maximum Gasteiger partial charge on any atom is 0.338 e. The maximum absolute atomic E-state index is 13.8. The summed E-state index contributed by atoms with van der Waals surface area (Å²) in [6.45, 7) is 7.39. The van der Waals surface area contributed by atoms with E-state index in [1.807, 2.05) is 18.2 Å². The van der Waals surface area contributed by atoms with Crippen LogP contribution in [0.3, 0.4) is 0 Å². The van der Waals surface area contributed by atoms with Crippen LogP contribution in [0.1, 0.15) is 36.6 Å². The number of aromatic nitrogens is 1. The zero-order chi connectivity index (χ0) is 26.7. The van der Waals surface area contributed by atoms with Crippen LogP contribution in [0, 0.1) is 0 Å². The third kappa shape index (κ3) is 4.82. The molecule has 0 amide bonds. The Labute approximate surface area is 218 Å². The zero-order valence-electron chi connectivity index (χ0n) is 21.1. The second-order valence-electron chi connectivity index (χ2n) is 8.27. The van der Waals surface area contributed by atoms with Crippen molar-refractivity contribution in [2.45, 2.75) is 26.3 Å². The first kappa shape index (κ1) is 26.0. The van der Waals surface area contributed by atoms with E-state index < -0.39 is 12.0 Å². The molecule has 2 heterocycles. The highest BCUT2D eigenvalue weighted by atomic mass is 32.1. The number of hydrogen-bond acceptors (Lipinski definition) is 8. The zero-order valence-corrected chi connectivity index (χ0v) is 21.9. The topological polar surface area (TPSA) is 99.4 Å².